The summed E-state index contributed by atoms with van der Waals surface area (Å²) in [5, 5.41) is 0. The molecule has 110 valence electrons. The van der Waals surface area contributed by atoms with Crippen LogP contribution in [-0.2, 0) is 9.53 Å². The van der Waals surface area contributed by atoms with E-state index >= 15 is 0 Å². The summed E-state index contributed by atoms with van der Waals surface area (Å²) >= 11 is 3.36. The van der Waals surface area contributed by atoms with Crippen molar-refractivity contribution in [2.75, 3.05) is 13.2 Å². The first-order valence-corrected chi connectivity index (χ1v) is 7.49. The van der Waals surface area contributed by atoms with E-state index in [1.54, 1.807) is 25.1 Å². The van der Waals surface area contributed by atoms with E-state index in [9.17, 15) is 9.59 Å². The number of halogens is 1. The number of carbonyl (C=O) groups excluding carboxylic acids is 2. The lowest BCUT2D eigenvalue weighted by Crippen LogP contribution is -2.04. The number of carbonyl (C=O) groups is 2. The third-order valence-electron chi connectivity index (χ3n) is 2.68. The highest BCUT2D eigenvalue weighted by atomic mass is 79.9. The Hall–Kier alpha value is -1.36. The summed E-state index contributed by atoms with van der Waals surface area (Å²) in [6, 6.07) is 5.21. The van der Waals surface area contributed by atoms with Crippen molar-refractivity contribution in [2.45, 2.75) is 32.6 Å². The predicted octanol–water partition coefficient (Wildman–Crippen LogP) is 3.76. The molecule has 0 atom stereocenters. The van der Waals surface area contributed by atoms with Crippen LogP contribution in [0, 0.1) is 0 Å². The molecule has 0 radical (unpaired) electrons. The number of rotatable bonds is 9. The molecule has 0 unspecified atom stereocenters. The van der Waals surface area contributed by atoms with E-state index in [0.29, 0.717) is 25.2 Å². The number of aldehydes is 1. The fraction of sp³-hybridized carbons (Fsp3) is 0.467. The first-order valence-electron chi connectivity index (χ1n) is 6.70. The van der Waals surface area contributed by atoms with Crippen molar-refractivity contribution in [2.24, 2.45) is 0 Å². The van der Waals surface area contributed by atoms with Gasteiger partial charge in [0.05, 0.1) is 17.7 Å². The van der Waals surface area contributed by atoms with Crippen LogP contribution in [0.2, 0.25) is 0 Å². The second kappa shape index (κ2) is 9.53. The minimum Gasteiger partial charge on any atom is -0.492 e. The van der Waals surface area contributed by atoms with Crippen LogP contribution in [0.1, 0.15) is 43.0 Å². The summed E-state index contributed by atoms with van der Waals surface area (Å²) in [6.07, 6.45) is 3.87. The second-order valence-electron chi connectivity index (χ2n) is 4.27. The summed E-state index contributed by atoms with van der Waals surface area (Å²) < 4.78 is 11.2. The van der Waals surface area contributed by atoms with Gasteiger partial charge in [-0.15, -0.1) is 0 Å². The third-order valence-corrected chi connectivity index (χ3v) is 3.30. The van der Waals surface area contributed by atoms with Gasteiger partial charge in [-0.2, -0.15) is 0 Å². The van der Waals surface area contributed by atoms with Gasteiger partial charge in [0.2, 0.25) is 0 Å². The van der Waals surface area contributed by atoms with Crippen LogP contribution in [0.25, 0.3) is 0 Å². The Morgan fingerprint density at radius 1 is 1.30 bits per heavy atom. The second-order valence-corrected chi connectivity index (χ2v) is 5.13. The molecule has 0 aliphatic heterocycles. The van der Waals surface area contributed by atoms with Crippen LogP contribution in [0.3, 0.4) is 0 Å². The molecule has 0 fully saturated rings. The van der Waals surface area contributed by atoms with Gasteiger partial charge in [0.1, 0.15) is 12.0 Å². The Kier molecular flexibility index (Phi) is 7.95. The van der Waals surface area contributed by atoms with Gasteiger partial charge < -0.3 is 9.47 Å². The van der Waals surface area contributed by atoms with Gasteiger partial charge in [-0.1, -0.05) is 0 Å². The van der Waals surface area contributed by atoms with Gasteiger partial charge in [0, 0.05) is 12.0 Å². The number of hydrogen-bond donors (Lipinski definition) is 0. The summed E-state index contributed by atoms with van der Waals surface area (Å²) in [6.45, 7) is 2.83. The van der Waals surface area contributed by atoms with E-state index in [-0.39, 0.29) is 5.97 Å². The highest BCUT2D eigenvalue weighted by molar-refractivity contribution is 9.10. The first-order chi connectivity index (χ1) is 9.67. The number of hydrogen-bond acceptors (Lipinski definition) is 4. The molecule has 0 spiro atoms. The third kappa shape index (κ3) is 6.19. The lowest BCUT2D eigenvalue weighted by atomic mass is 10.2. The van der Waals surface area contributed by atoms with Crippen molar-refractivity contribution >= 4 is 28.2 Å². The van der Waals surface area contributed by atoms with Crippen molar-refractivity contribution in [1.82, 2.24) is 0 Å². The van der Waals surface area contributed by atoms with Crippen LogP contribution in [0.4, 0.5) is 0 Å². The molecule has 0 aromatic heterocycles. The van der Waals surface area contributed by atoms with E-state index in [0.717, 1.165) is 35.8 Å². The van der Waals surface area contributed by atoms with Gasteiger partial charge in [-0.3, -0.25) is 9.59 Å². The van der Waals surface area contributed by atoms with Crippen molar-refractivity contribution in [1.29, 1.82) is 0 Å². The van der Waals surface area contributed by atoms with Crippen molar-refractivity contribution in [3.63, 3.8) is 0 Å². The lowest BCUT2D eigenvalue weighted by Gasteiger charge is -2.08. The van der Waals surface area contributed by atoms with E-state index in [4.69, 9.17) is 9.47 Å². The largest absolute Gasteiger partial charge is 0.492 e. The van der Waals surface area contributed by atoms with Crippen LogP contribution in [0.5, 0.6) is 5.75 Å². The molecule has 0 aliphatic rings. The normalized spacial score (nSPS) is 10.1. The summed E-state index contributed by atoms with van der Waals surface area (Å²) in [5.74, 6) is 0.585. The Morgan fingerprint density at radius 3 is 2.75 bits per heavy atom. The maximum absolute atomic E-state index is 11.1. The van der Waals surface area contributed by atoms with Crippen LogP contribution in [-0.4, -0.2) is 25.5 Å². The minimum atomic E-state index is -0.138. The topological polar surface area (TPSA) is 52.6 Å². The lowest BCUT2D eigenvalue weighted by molar-refractivity contribution is -0.143. The molecule has 1 aromatic rings. The van der Waals surface area contributed by atoms with Crippen molar-refractivity contribution < 1.29 is 19.1 Å². The summed E-state index contributed by atoms with van der Waals surface area (Å²) in [5.41, 5.74) is 0.610. The Labute approximate surface area is 127 Å². The quantitative estimate of drug-likeness (QED) is 0.389. The minimum absolute atomic E-state index is 0.138. The molecule has 0 saturated heterocycles. The number of esters is 1. The number of ether oxygens (including phenoxy) is 2. The van der Waals surface area contributed by atoms with E-state index < -0.39 is 0 Å². The monoisotopic (exact) mass is 342 g/mol. The molecule has 0 heterocycles. The van der Waals surface area contributed by atoms with Gasteiger partial charge in [0.15, 0.2) is 0 Å². The highest BCUT2D eigenvalue weighted by Gasteiger charge is 2.03. The summed E-state index contributed by atoms with van der Waals surface area (Å²) in [7, 11) is 0. The van der Waals surface area contributed by atoms with Gasteiger partial charge in [0.25, 0.3) is 0 Å². The van der Waals surface area contributed by atoms with E-state index in [1.165, 1.54) is 0 Å². The smallest absolute Gasteiger partial charge is 0.305 e. The Bertz CT molecular complexity index is 445. The average molecular weight is 343 g/mol. The fourth-order valence-electron chi connectivity index (χ4n) is 1.67. The van der Waals surface area contributed by atoms with Crippen LogP contribution < -0.4 is 4.74 Å². The highest BCUT2D eigenvalue weighted by Crippen LogP contribution is 2.25. The van der Waals surface area contributed by atoms with Gasteiger partial charge in [-0.05, 0) is 60.3 Å². The van der Waals surface area contributed by atoms with Crippen LogP contribution in [0.15, 0.2) is 22.7 Å². The zero-order chi connectivity index (χ0) is 14.8. The van der Waals surface area contributed by atoms with Crippen molar-refractivity contribution in [3.05, 3.63) is 28.2 Å². The molecule has 4 nitrogen and oxygen atoms in total. The molecule has 1 aromatic carbocycles. The standard InChI is InChI=1S/C15H19BrO4/c1-2-19-15(18)6-4-3-5-9-20-14-8-7-12(11-17)10-13(14)16/h7-8,10-11H,2-6,9H2,1H3. The molecule has 20 heavy (non-hydrogen) atoms. The molecule has 5 heteroatoms. The molecular formula is C15H19BrO4. The van der Waals surface area contributed by atoms with E-state index in [2.05, 4.69) is 15.9 Å². The van der Waals surface area contributed by atoms with Crippen LogP contribution >= 0.6 is 15.9 Å². The van der Waals surface area contributed by atoms with Gasteiger partial charge in [-0.25, -0.2) is 0 Å². The maximum atomic E-state index is 11.1. The zero-order valence-corrected chi connectivity index (χ0v) is 13.1. The zero-order valence-electron chi connectivity index (χ0n) is 11.6. The van der Waals surface area contributed by atoms with Crippen molar-refractivity contribution in [3.8, 4) is 5.75 Å². The molecule has 1 rings (SSSR count). The molecule has 0 saturated carbocycles. The maximum Gasteiger partial charge on any atom is 0.305 e. The Balaban J connectivity index is 2.18. The number of benzene rings is 1. The van der Waals surface area contributed by atoms with Gasteiger partial charge >= 0.3 is 5.97 Å². The average Bonchev–Trinajstić information content (AvgIpc) is 2.44. The summed E-state index contributed by atoms with van der Waals surface area (Å²) in [4.78, 5) is 21.7. The molecule has 0 bridgehead atoms. The molecule has 0 aliphatic carbocycles. The molecular weight excluding hydrogens is 324 g/mol. The SMILES string of the molecule is CCOC(=O)CCCCCOc1ccc(C=O)cc1Br. The first kappa shape index (κ1) is 16.7. The van der Waals surface area contributed by atoms with E-state index in [1.807, 2.05) is 0 Å². The molecule has 0 N–H and O–H groups in total. The molecule has 0 amide bonds. The predicted molar refractivity (Wildman–Crippen MR) is 80.1 cm³/mol. The Morgan fingerprint density at radius 2 is 2.10 bits per heavy atom. The fourth-order valence-corrected chi connectivity index (χ4v) is 2.18. The number of unbranched alkanes of at least 4 members (excludes halogenated alkanes) is 2.